The van der Waals surface area contributed by atoms with Gasteiger partial charge in [-0.05, 0) is 62.4 Å². The predicted octanol–water partition coefficient (Wildman–Crippen LogP) is 6.51. The fourth-order valence-corrected chi connectivity index (χ4v) is 4.41. The van der Waals surface area contributed by atoms with E-state index in [1.54, 1.807) is 6.20 Å². The maximum atomic E-state index is 12.5. The van der Waals surface area contributed by atoms with Gasteiger partial charge in [-0.25, -0.2) is 0 Å². The highest BCUT2D eigenvalue weighted by atomic mass is 32.2. The Morgan fingerprint density at radius 2 is 1.61 bits per heavy atom. The SMILES string of the molecule is CC(C)N(c1ccccc1)c1ccc(NC(=O)CSc2cccc3cccnc23)cc1. The maximum absolute atomic E-state index is 12.5. The van der Waals surface area contributed by atoms with Crippen LogP contribution in [0.25, 0.3) is 10.9 Å². The first-order valence-electron chi connectivity index (χ1n) is 10.3. The summed E-state index contributed by atoms with van der Waals surface area (Å²) in [6.07, 6.45) is 1.78. The molecule has 0 aliphatic rings. The molecule has 1 amide bonds. The number of benzene rings is 3. The average Bonchev–Trinajstić information content (AvgIpc) is 2.79. The van der Waals surface area contributed by atoms with Gasteiger partial charge in [0.25, 0.3) is 0 Å². The van der Waals surface area contributed by atoms with Gasteiger partial charge in [-0.1, -0.05) is 36.4 Å². The lowest BCUT2D eigenvalue weighted by atomic mass is 10.2. The van der Waals surface area contributed by atoms with Crippen LogP contribution in [-0.4, -0.2) is 22.7 Å². The molecule has 156 valence electrons. The van der Waals surface area contributed by atoms with Gasteiger partial charge in [-0.15, -0.1) is 11.8 Å². The average molecular weight is 428 g/mol. The fraction of sp³-hybridized carbons (Fsp3) is 0.154. The van der Waals surface area contributed by atoms with E-state index in [-0.39, 0.29) is 5.91 Å². The third-order valence-corrected chi connectivity index (χ3v) is 5.98. The Balaban J connectivity index is 1.41. The number of carbonyl (C=O) groups is 1. The van der Waals surface area contributed by atoms with Crippen molar-refractivity contribution in [2.45, 2.75) is 24.8 Å². The molecule has 0 radical (unpaired) electrons. The lowest BCUT2D eigenvalue weighted by molar-refractivity contribution is -0.113. The van der Waals surface area contributed by atoms with Crippen molar-refractivity contribution in [3.05, 3.63) is 91.1 Å². The van der Waals surface area contributed by atoms with Crippen molar-refractivity contribution in [2.24, 2.45) is 0 Å². The Morgan fingerprint density at radius 3 is 2.35 bits per heavy atom. The van der Waals surface area contributed by atoms with Crippen molar-refractivity contribution in [1.29, 1.82) is 0 Å². The summed E-state index contributed by atoms with van der Waals surface area (Å²) < 4.78 is 0. The van der Waals surface area contributed by atoms with E-state index < -0.39 is 0 Å². The summed E-state index contributed by atoms with van der Waals surface area (Å²) in [5.74, 6) is 0.300. The van der Waals surface area contributed by atoms with Gasteiger partial charge < -0.3 is 10.2 Å². The number of pyridine rings is 1. The molecule has 0 atom stereocenters. The van der Waals surface area contributed by atoms with Crippen LogP contribution in [0.3, 0.4) is 0 Å². The third kappa shape index (κ3) is 5.06. The summed E-state index contributed by atoms with van der Waals surface area (Å²) in [6.45, 7) is 4.34. The van der Waals surface area contributed by atoms with Crippen molar-refractivity contribution in [1.82, 2.24) is 4.98 Å². The zero-order valence-electron chi connectivity index (χ0n) is 17.7. The maximum Gasteiger partial charge on any atom is 0.234 e. The summed E-state index contributed by atoms with van der Waals surface area (Å²) in [6, 6.07) is 28.6. The van der Waals surface area contributed by atoms with E-state index in [1.807, 2.05) is 72.8 Å². The van der Waals surface area contributed by atoms with Crippen LogP contribution in [0.4, 0.5) is 17.1 Å². The number of fused-ring (bicyclic) bond motifs is 1. The van der Waals surface area contributed by atoms with Gasteiger partial charge >= 0.3 is 0 Å². The highest BCUT2D eigenvalue weighted by Gasteiger charge is 2.13. The molecule has 0 saturated heterocycles. The molecule has 0 aliphatic carbocycles. The molecule has 3 aromatic carbocycles. The van der Waals surface area contributed by atoms with Gasteiger partial charge in [0.05, 0.1) is 11.3 Å². The van der Waals surface area contributed by atoms with Crippen LogP contribution < -0.4 is 10.2 Å². The molecule has 0 aliphatic heterocycles. The van der Waals surface area contributed by atoms with Crippen molar-refractivity contribution in [3.8, 4) is 0 Å². The van der Waals surface area contributed by atoms with Crippen LogP contribution in [0, 0.1) is 0 Å². The van der Waals surface area contributed by atoms with E-state index >= 15 is 0 Å². The number of hydrogen-bond donors (Lipinski definition) is 1. The molecule has 5 heteroatoms. The minimum Gasteiger partial charge on any atom is -0.339 e. The van der Waals surface area contributed by atoms with Crippen LogP contribution in [0.15, 0.2) is 96.0 Å². The standard InChI is InChI=1S/C26H25N3OS/c1-19(2)29(22-10-4-3-5-11-22)23-15-13-21(14-16-23)28-25(30)18-31-24-12-6-8-20-9-7-17-27-26(20)24/h3-17,19H,18H2,1-2H3,(H,28,30). The van der Waals surface area contributed by atoms with Crippen LogP contribution >= 0.6 is 11.8 Å². The van der Waals surface area contributed by atoms with Crippen LogP contribution in [-0.2, 0) is 4.79 Å². The number of amides is 1. The minimum atomic E-state index is -0.0329. The first-order valence-corrected chi connectivity index (χ1v) is 11.3. The van der Waals surface area contributed by atoms with Gasteiger partial charge in [0.2, 0.25) is 5.91 Å². The molecule has 4 aromatic rings. The number of carbonyl (C=O) groups excluding carboxylic acids is 1. The molecular formula is C26H25N3OS. The van der Waals surface area contributed by atoms with Crippen LogP contribution in [0.2, 0.25) is 0 Å². The van der Waals surface area contributed by atoms with E-state index in [4.69, 9.17) is 0 Å². The molecule has 4 nitrogen and oxygen atoms in total. The number of nitrogens with zero attached hydrogens (tertiary/aromatic N) is 2. The summed E-state index contributed by atoms with van der Waals surface area (Å²) >= 11 is 1.50. The monoisotopic (exact) mass is 427 g/mol. The van der Waals surface area contributed by atoms with Gasteiger partial charge in [-0.3, -0.25) is 9.78 Å². The second-order valence-corrected chi connectivity index (χ2v) is 8.53. The Labute approximate surface area is 187 Å². The number of aromatic nitrogens is 1. The molecule has 0 saturated carbocycles. The number of hydrogen-bond acceptors (Lipinski definition) is 4. The van der Waals surface area contributed by atoms with E-state index in [0.717, 1.165) is 32.9 Å². The zero-order chi connectivity index (χ0) is 21.6. The van der Waals surface area contributed by atoms with Crippen molar-refractivity contribution in [3.63, 3.8) is 0 Å². The van der Waals surface area contributed by atoms with Crippen molar-refractivity contribution in [2.75, 3.05) is 16.0 Å². The summed E-state index contributed by atoms with van der Waals surface area (Å²) in [5, 5.41) is 4.08. The fourth-order valence-electron chi connectivity index (χ4n) is 3.57. The number of rotatable bonds is 7. The minimum absolute atomic E-state index is 0.0329. The van der Waals surface area contributed by atoms with Crippen molar-refractivity contribution < 1.29 is 4.79 Å². The van der Waals surface area contributed by atoms with Crippen LogP contribution in [0.1, 0.15) is 13.8 Å². The number of nitrogens with one attached hydrogen (secondary N) is 1. The third-order valence-electron chi connectivity index (χ3n) is 4.93. The highest BCUT2D eigenvalue weighted by Crippen LogP contribution is 2.29. The zero-order valence-corrected chi connectivity index (χ0v) is 18.5. The normalized spacial score (nSPS) is 10.9. The Hall–Kier alpha value is -3.31. The van der Waals surface area contributed by atoms with E-state index in [9.17, 15) is 4.79 Å². The Kier molecular flexibility index (Phi) is 6.53. The largest absolute Gasteiger partial charge is 0.339 e. The Bertz CT molecular complexity index is 1150. The topological polar surface area (TPSA) is 45.2 Å². The molecule has 0 fully saturated rings. The second-order valence-electron chi connectivity index (χ2n) is 7.51. The first kappa shape index (κ1) is 20.9. The molecule has 4 rings (SSSR count). The Morgan fingerprint density at radius 1 is 0.903 bits per heavy atom. The molecule has 1 heterocycles. The highest BCUT2D eigenvalue weighted by molar-refractivity contribution is 8.00. The molecule has 0 unspecified atom stereocenters. The smallest absolute Gasteiger partial charge is 0.234 e. The summed E-state index contributed by atoms with van der Waals surface area (Å²) in [7, 11) is 0. The molecule has 0 bridgehead atoms. The molecular weight excluding hydrogens is 402 g/mol. The lowest BCUT2D eigenvalue weighted by Gasteiger charge is -2.29. The number of thioether (sulfide) groups is 1. The quantitative estimate of drug-likeness (QED) is 0.341. The predicted molar refractivity (Wildman–Crippen MR) is 131 cm³/mol. The lowest BCUT2D eigenvalue weighted by Crippen LogP contribution is -2.25. The summed E-state index contributed by atoms with van der Waals surface area (Å²) in [5.41, 5.74) is 3.97. The van der Waals surface area contributed by atoms with Gasteiger partial charge in [-0.2, -0.15) is 0 Å². The number of anilines is 3. The molecule has 31 heavy (non-hydrogen) atoms. The van der Waals surface area contributed by atoms with Crippen LogP contribution in [0.5, 0.6) is 0 Å². The second kappa shape index (κ2) is 9.67. The molecule has 1 N–H and O–H groups in total. The van der Waals surface area contributed by atoms with Gasteiger partial charge in [0.1, 0.15) is 0 Å². The molecule has 1 aromatic heterocycles. The first-order chi connectivity index (χ1) is 15.1. The van der Waals surface area contributed by atoms with E-state index in [1.165, 1.54) is 11.8 Å². The number of para-hydroxylation sites is 2. The van der Waals surface area contributed by atoms with Gasteiger partial charge in [0, 0.05) is 39.6 Å². The summed E-state index contributed by atoms with van der Waals surface area (Å²) in [4.78, 5) is 20.2. The van der Waals surface area contributed by atoms with Crippen molar-refractivity contribution >= 4 is 45.6 Å². The van der Waals surface area contributed by atoms with E-state index in [2.05, 4.69) is 41.2 Å². The van der Waals surface area contributed by atoms with E-state index in [0.29, 0.717) is 11.8 Å². The molecule has 0 spiro atoms. The van der Waals surface area contributed by atoms with Gasteiger partial charge in [0.15, 0.2) is 0 Å².